The predicted octanol–water partition coefficient (Wildman–Crippen LogP) is 1.94. The number of halogens is 1. The Labute approximate surface area is 148 Å². The summed E-state index contributed by atoms with van der Waals surface area (Å²) in [6.45, 7) is 5.06. The smallest absolute Gasteiger partial charge is 0.253 e. The summed E-state index contributed by atoms with van der Waals surface area (Å²) in [5.74, 6) is -0.0624. The molecule has 0 saturated carbocycles. The Morgan fingerprint density at radius 2 is 2.00 bits per heavy atom. The van der Waals surface area contributed by atoms with E-state index in [4.69, 9.17) is 10.5 Å². The quantitative estimate of drug-likeness (QED) is 0.727. The Morgan fingerprint density at radius 3 is 2.62 bits per heavy atom. The van der Waals surface area contributed by atoms with E-state index in [0.29, 0.717) is 36.7 Å². The van der Waals surface area contributed by atoms with Crippen LogP contribution in [0.3, 0.4) is 0 Å². The van der Waals surface area contributed by atoms with Gasteiger partial charge in [-0.1, -0.05) is 26.0 Å². The van der Waals surface area contributed by atoms with Crippen LogP contribution in [-0.4, -0.2) is 37.1 Å². The summed E-state index contributed by atoms with van der Waals surface area (Å²) in [5.41, 5.74) is 6.51. The van der Waals surface area contributed by atoms with Gasteiger partial charge in [0, 0.05) is 13.1 Å². The molecule has 0 spiro atoms. The molecule has 2 atom stereocenters. The van der Waals surface area contributed by atoms with Crippen molar-refractivity contribution >= 4 is 29.9 Å². The summed E-state index contributed by atoms with van der Waals surface area (Å²) in [5, 5.41) is 5.66. The molecular formula is C17H26ClN3O3. The topological polar surface area (TPSA) is 93.5 Å². The fourth-order valence-corrected chi connectivity index (χ4v) is 2.47. The second kappa shape index (κ2) is 9.61. The summed E-state index contributed by atoms with van der Waals surface area (Å²) in [7, 11) is 0. The summed E-state index contributed by atoms with van der Waals surface area (Å²) < 4.78 is 5.59. The first-order chi connectivity index (χ1) is 11.0. The van der Waals surface area contributed by atoms with Crippen molar-refractivity contribution in [3.05, 3.63) is 29.8 Å². The van der Waals surface area contributed by atoms with Crippen LogP contribution in [0.1, 0.15) is 37.0 Å². The molecular weight excluding hydrogens is 330 g/mol. The molecule has 6 nitrogen and oxygen atoms in total. The van der Waals surface area contributed by atoms with Gasteiger partial charge in [0.25, 0.3) is 11.8 Å². The van der Waals surface area contributed by atoms with Crippen molar-refractivity contribution < 1.29 is 14.3 Å². The number of anilines is 1. The molecule has 0 aromatic heterocycles. The number of nitrogens with two attached hydrogens (primary N) is 1. The number of hydrogen-bond acceptors (Lipinski definition) is 4. The van der Waals surface area contributed by atoms with Crippen molar-refractivity contribution in [2.75, 3.05) is 18.4 Å². The van der Waals surface area contributed by atoms with Crippen LogP contribution in [0.4, 0.5) is 5.69 Å². The predicted molar refractivity (Wildman–Crippen MR) is 96.4 cm³/mol. The van der Waals surface area contributed by atoms with Gasteiger partial charge < -0.3 is 21.1 Å². The summed E-state index contributed by atoms with van der Waals surface area (Å²) in [6.07, 6.45) is 0.867. The van der Waals surface area contributed by atoms with Crippen LogP contribution in [0.25, 0.3) is 0 Å². The minimum absolute atomic E-state index is 0. The van der Waals surface area contributed by atoms with E-state index in [1.807, 2.05) is 13.8 Å². The lowest BCUT2D eigenvalue weighted by Gasteiger charge is -2.15. The zero-order valence-electron chi connectivity index (χ0n) is 14.1. The number of nitrogens with one attached hydrogen (secondary N) is 2. The number of ether oxygens (including phenoxy) is 1. The average Bonchev–Trinajstić information content (AvgIpc) is 3.02. The van der Waals surface area contributed by atoms with Gasteiger partial charge in [0.2, 0.25) is 0 Å². The largest absolute Gasteiger partial charge is 0.364 e. The first kappa shape index (κ1) is 20.4. The van der Waals surface area contributed by atoms with Gasteiger partial charge >= 0.3 is 0 Å². The van der Waals surface area contributed by atoms with E-state index in [1.165, 1.54) is 0 Å². The second-order valence-electron chi connectivity index (χ2n) is 6.20. The Bertz CT molecular complexity index is 566. The molecule has 24 heavy (non-hydrogen) atoms. The van der Waals surface area contributed by atoms with Crippen molar-refractivity contribution in [3.63, 3.8) is 0 Å². The SMILES string of the molecule is CC(C)CNC(=O)c1ccccc1NC(=O)[C@@H]1CC[C@H](CN)O1.Cl. The maximum absolute atomic E-state index is 12.3. The van der Waals surface area contributed by atoms with Gasteiger partial charge in [-0.05, 0) is 30.9 Å². The number of rotatable bonds is 6. The van der Waals surface area contributed by atoms with Crippen LogP contribution in [0.5, 0.6) is 0 Å². The van der Waals surface area contributed by atoms with Gasteiger partial charge in [0.1, 0.15) is 6.10 Å². The molecule has 2 amide bonds. The fraction of sp³-hybridized carbons (Fsp3) is 0.529. The number of carbonyl (C=O) groups excluding carboxylic acids is 2. The molecule has 134 valence electrons. The summed E-state index contributed by atoms with van der Waals surface area (Å²) in [4.78, 5) is 24.6. The highest BCUT2D eigenvalue weighted by atomic mass is 35.5. The molecule has 0 bridgehead atoms. The van der Waals surface area contributed by atoms with Gasteiger partial charge in [-0.3, -0.25) is 9.59 Å². The lowest BCUT2D eigenvalue weighted by atomic mass is 10.1. The second-order valence-corrected chi connectivity index (χ2v) is 6.20. The van der Waals surface area contributed by atoms with Crippen LogP contribution in [-0.2, 0) is 9.53 Å². The van der Waals surface area contributed by atoms with Crippen molar-refractivity contribution in [3.8, 4) is 0 Å². The molecule has 4 N–H and O–H groups in total. The fourth-order valence-electron chi connectivity index (χ4n) is 2.47. The first-order valence-corrected chi connectivity index (χ1v) is 8.05. The van der Waals surface area contributed by atoms with Crippen molar-refractivity contribution in [1.29, 1.82) is 0 Å². The van der Waals surface area contributed by atoms with Crippen LogP contribution >= 0.6 is 12.4 Å². The molecule has 1 aromatic rings. The molecule has 0 aliphatic carbocycles. The first-order valence-electron chi connectivity index (χ1n) is 8.05. The van der Waals surface area contributed by atoms with E-state index in [1.54, 1.807) is 24.3 Å². The van der Waals surface area contributed by atoms with Crippen LogP contribution in [0.15, 0.2) is 24.3 Å². The Morgan fingerprint density at radius 1 is 1.29 bits per heavy atom. The van der Waals surface area contributed by atoms with E-state index >= 15 is 0 Å². The molecule has 1 aliphatic heterocycles. The third kappa shape index (κ3) is 5.47. The molecule has 2 rings (SSSR count). The molecule has 1 fully saturated rings. The molecule has 1 saturated heterocycles. The van der Waals surface area contributed by atoms with E-state index in [2.05, 4.69) is 10.6 Å². The number of carbonyl (C=O) groups is 2. The van der Waals surface area contributed by atoms with Gasteiger partial charge in [-0.25, -0.2) is 0 Å². The Kier molecular flexibility index (Phi) is 8.18. The highest BCUT2D eigenvalue weighted by Gasteiger charge is 2.30. The monoisotopic (exact) mass is 355 g/mol. The number of amides is 2. The molecule has 1 aromatic carbocycles. The molecule has 1 heterocycles. The third-order valence-corrected chi connectivity index (χ3v) is 3.76. The number of hydrogen-bond donors (Lipinski definition) is 3. The standard InChI is InChI=1S/C17H25N3O3.ClH/c1-11(2)10-19-16(21)13-5-3-4-6-14(13)20-17(22)15-8-7-12(9-18)23-15;/h3-6,11-12,15H,7-10,18H2,1-2H3,(H,19,21)(H,20,22);1H/t12-,15+;/m1./s1. The maximum atomic E-state index is 12.3. The lowest BCUT2D eigenvalue weighted by molar-refractivity contribution is -0.126. The zero-order valence-corrected chi connectivity index (χ0v) is 14.9. The lowest BCUT2D eigenvalue weighted by Crippen LogP contribution is -2.32. The van der Waals surface area contributed by atoms with Crippen molar-refractivity contribution in [1.82, 2.24) is 5.32 Å². The van der Waals surface area contributed by atoms with E-state index in [-0.39, 0.29) is 30.3 Å². The van der Waals surface area contributed by atoms with Gasteiger partial charge in [-0.15, -0.1) is 12.4 Å². The van der Waals surface area contributed by atoms with Crippen molar-refractivity contribution in [2.45, 2.75) is 38.9 Å². The summed E-state index contributed by atoms with van der Waals surface area (Å²) in [6, 6.07) is 6.98. The zero-order chi connectivity index (χ0) is 16.8. The van der Waals surface area contributed by atoms with E-state index in [0.717, 1.165) is 6.42 Å². The Hall–Kier alpha value is -1.63. The minimum Gasteiger partial charge on any atom is -0.364 e. The highest BCUT2D eigenvalue weighted by Crippen LogP contribution is 2.22. The number of benzene rings is 1. The van der Waals surface area contributed by atoms with E-state index < -0.39 is 6.10 Å². The normalized spacial score (nSPS) is 19.7. The van der Waals surface area contributed by atoms with Gasteiger partial charge in [0.15, 0.2) is 0 Å². The molecule has 0 unspecified atom stereocenters. The Balaban J connectivity index is 0.00000288. The average molecular weight is 356 g/mol. The van der Waals surface area contributed by atoms with Crippen LogP contribution in [0.2, 0.25) is 0 Å². The van der Waals surface area contributed by atoms with Gasteiger partial charge in [0.05, 0.1) is 17.4 Å². The van der Waals surface area contributed by atoms with Crippen LogP contribution < -0.4 is 16.4 Å². The van der Waals surface area contributed by atoms with Crippen LogP contribution in [0, 0.1) is 5.92 Å². The minimum atomic E-state index is -0.504. The molecule has 0 radical (unpaired) electrons. The third-order valence-electron chi connectivity index (χ3n) is 3.76. The van der Waals surface area contributed by atoms with Gasteiger partial charge in [-0.2, -0.15) is 0 Å². The van der Waals surface area contributed by atoms with E-state index in [9.17, 15) is 9.59 Å². The number of para-hydroxylation sites is 1. The maximum Gasteiger partial charge on any atom is 0.253 e. The molecule has 7 heteroatoms. The van der Waals surface area contributed by atoms with Crippen molar-refractivity contribution in [2.24, 2.45) is 11.7 Å². The summed E-state index contributed by atoms with van der Waals surface area (Å²) >= 11 is 0. The molecule has 1 aliphatic rings. The highest BCUT2D eigenvalue weighted by molar-refractivity contribution is 6.04.